The molecule has 0 aliphatic rings. The number of hydrogen-bond donors (Lipinski definition) is 0. The van der Waals surface area contributed by atoms with Gasteiger partial charge in [0.2, 0.25) is 0 Å². The van der Waals surface area contributed by atoms with Crippen molar-refractivity contribution in [1.29, 1.82) is 0 Å². The van der Waals surface area contributed by atoms with Crippen LogP contribution in [0.15, 0.2) is 12.2 Å². The number of benzene rings is 1. The van der Waals surface area contributed by atoms with E-state index < -0.39 is 0 Å². The number of allylic oxidation sites excluding steroid dienone is 1. The smallest absolute Gasteiger partial charge is 0.00671 e. The minimum absolute atomic E-state index is 1.01. The zero-order valence-corrected chi connectivity index (χ0v) is 10.9. The van der Waals surface area contributed by atoms with Crippen LogP contribution in [0, 0.1) is 34.6 Å². The van der Waals surface area contributed by atoms with Gasteiger partial charge in [-0.15, -0.1) is 0 Å². The highest BCUT2D eigenvalue weighted by molar-refractivity contribution is 5.50. The van der Waals surface area contributed by atoms with Crippen LogP contribution in [-0.2, 0) is 6.42 Å². The Morgan fingerprint density at radius 2 is 1.13 bits per heavy atom. The second-order valence-electron chi connectivity index (χ2n) is 4.74. The molecule has 0 amide bonds. The van der Waals surface area contributed by atoms with E-state index in [9.17, 15) is 0 Å². The van der Waals surface area contributed by atoms with E-state index in [0.717, 1.165) is 6.42 Å². The molecule has 1 aromatic carbocycles. The molecule has 0 radical (unpaired) electrons. The Kier molecular flexibility index (Phi) is 3.38. The molecule has 0 heterocycles. The Morgan fingerprint density at radius 3 is 1.47 bits per heavy atom. The number of rotatable bonds is 2. The Bertz CT molecular complexity index is 380. The van der Waals surface area contributed by atoms with E-state index in [-0.39, 0.29) is 0 Å². The molecule has 0 bridgehead atoms. The van der Waals surface area contributed by atoms with Gasteiger partial charge in [-0.3, -0.25) is 0 Å². The van der Waals surface area contributed by atoms with Crippen LogP contribution < -0.4 is 0 Å². The van der Waals surface area contributed by atoms with Gasteiger partial charge in [0.15, 0.2) is 0 Å². The molecule has 0 aliphatic heterocycles. The molecule has 0 aromatic heterocycles. The molecule has 0 atom stereocenters. The molecule has 0 N–H and O–H groups in total. The first-order valence-corrected chi connectivity index (χ1v) is 5.56. The summed E-state index contributed by atoms with van der Waals surface area (Å²) >= 11 is 0. The zero-order chi connectivity index (χ0) is 11.7. The van der Waals surface area contributed by atoms with Crippen molar-refractivity contribution in [2.75, 3.05) is 0 Å². The Balaban J connectivity index is 3.45. The standard InChI is InChI=1S/C15H22/c1-9(2)8-15-13(6)11(4)10(3)12(5)14(15)7/h1,8H2,2-7H3. The third kappa shape index (κ3) is 2.14. The van der Waals surface area contributed by atoms with Crippen molar-refractivity contribution in [3.05, 3.63) is 45.5 Å². The lowest BCUT2D eigenvalue weighted by molar-refractivity contribution is 1.05. The molecule has 82 valence electrons. The molecule has 0 heteroatoms. The fourth-order valence-corrected chi connectivity index (χ4v) is 2.14. The largest absolute Gasteiger partial charge is 0.0998 e. The maximum atomic E-state index is 4.01. The predicted molar refractivity (Wildman–Crippen MR) is 68.6 cm³/mol. The highest BCUT2D eigenvalue weighted by Gasteiger charge is 2.11. The lowest BCUT2D eigenvalue weighted by atomic mass is 9.87. The lowest BCUT2D eigenvalue weighted by Crippen LogP contribution is -2.03. The van der Waals surface area contributed by atoms with E-state index in [0.29, 0.717) is 0 Å². The molecule has 1 rings (SSSR count). The quantitative estimate of drug-likeness (QED) is 0.625. The summed E-state index contributed by atoms with van der Waals surface area (Å²) < 4.78 is 0. The van der Waals surface area contributed by atoms with E-state index in [1.807, 2.05) is 0 Å². The van der Waals surface area contributed by atoms with Gasteiger partial charge in [-0.1, -0.05) is 12.2 Å². The second-order valence-corrected chi connectivity index (χ2v) is 4.74. The molecule has 0 spiro atoms. The molecule has 1 aromatic rings. The van der Waals surface area contributed by atoms with Crippen LogP contribution >= 0.6 is 0 Å². The molecule has 0 nitrogen and oxygen atoms in total. The van der Waals surface area contributed by atoms with Crippen LogP contribution in [0.4, 0.5) is 0 Å². The Hall–Kier alpha value is -1.04. The topological polar surface area (TPSA) is 0 Å². The maximum Gasteiger partial charge on any atom is -0.00671 e. The normalized spacial score (nSPS) is 10.5. The predicted octanol–water partition coefficient (Wildman–Crippen LogP) is 4.35. The van der Waals surface area contributed by atoms with Crippen LogP contribution in [0.2, 0.25) is 0 Å². The van der Waals surface area contributed by atoms with Crippen molar-refractivity contribution >= 4 is 0 Å². The van der Waals surface area contributed by atoms with E-state index in [2.05, 4.69) is 48.1 Å². The molecule has 15 heavy (non-hydrogen) atoms. The van der Waals surface area contributed by atoms with Gasteiger partial charge >= 0.3 is 0 Å². The van der Waals surface area contributed by atoms with E-state index in [1.54, 1.807) is 0 Å². The molecule has 0 aliphatic carbocycles. The summed E-state index contributed by atoms with van der Waals surface area (Å²) in [4.78, 5) is 0. The summed E-state index contributed by atoms with van der Waals surface area (Å²) in [6, 6.07) is 0. The first-order valence-electron chi connectivity index (χ1n) is 5.56. The monoisotopic (exact) mass is 202 g/mol. The molecule has 0 unspecified atom stereocenters. The molecule has 0 saturated heterocycles. The van der Waals surface area contributed by atoms with Crippen molar-refractivity contribution in [1.82, 2.24) is 0 Å². The summed E-state index contributed by atoms with van der Waals surface area (Å²) in [6.07, 6.45) is 1.01. The zero-order valence-electron chi connectivity index (χ0n) is 10.9. The third-order valence-corrected chi connectivity index (χ3v) is 3.63. The Morgan fingerprint density at radius 1 is 0.800 bits per heavy atom. The van der Waals surface area contributed by atoms with Crippen molar-refractivity contribution in [3.8, 4) is 0 Å². The minimum atomic E-state index is 1.01. The van der Waals surface area contributed by atoms with Gasteiger partial charge in [0, 0.05) is 0 Å². The van der Waals surface area contributed by atoms with Gasteiger partial charge in [0.25, 0.3) is 0 Å². The van der Waals surface area contributed by atoms with Gasteiger partial charge in [0.05, 0.1) is 0 Å². The van der Waals surface area contributed by atoms with Gasteiger partial charge < -0.3 is 0 Å². The molecule has 0 fully saturated rings. The average Bonchev–Trinajstić information content (AvgIpc) is 2.18. The molecular formula is C15H22. The van der Waals surface area contributed by atoms with Crippen LogP contribution in [0.3, 0.4) is 0 Å². The second kappa shape index (κ2) is 4.22. The Labute approximate surface area is 94.0 Å². The summed E-state index contributed by atoms with van der Waals surface area (Å²) in [5.74, 6) is 0. The van der Waals surface area contributed by atoms with Crippen LogP contribution in [0.1, 0.15) is 40.3 Å². The summed E-state index contributed by atoms with van der Waals surface area (Å²) in [5, 5.41) is 0. The van der Waals surface area contributed by atoms with Gasteiger partial charge in [-0.25, -0.2) is 0 Å². The average molecular weight is 202 g/mol. The van der Waals surface area contributed by atoms with Crippen LogP contribution in [-0.4, -0.2) is 0 Å². The fraction of sp³-hybridized carbons (Fsp3) is 0.467. The maximum absolute atomic E-state index is 4.01. The first-order chi connectivity index (χ1) is 6.86. The molecular weight excluding hydrogens is 180 g/mol. The highest BCUT2D eigenvalue weighted by Crippen LogP contribution is 2.27. The summed E-state index contributed by atoms with van der Waals surface area (Å²) in [6.45, 7) is 17.2. The van der Waals surface area contributed by atoms with Crippen molar-refractivity contribution in [2.45, 2.75) is 48.0 Å². The van der Waals surface area contributed by atoms with Crippen molar-refractivity contribution in [2.24, 2.45) is 0 Å². The van der Waals surface area contributed by atoms with E-state index >= 15 is 0 Å². The third-order valence-electron chi connectivity index (χ3n) is 3.63. The van der Waals surface area contributed by atoms with Gasteiger partial charge in [-0.05, 0) is 81.3 Å². The minimum Gasteiger partial charge on any atom is -0.0998 e. The lowest BCUT2D eigenvalue weighted by Gasteiger charge is -2.18. The first kappa shape index (κ1) is 12.0. The summed E-state index contributed by atoms with van der Waals surface area (Å²) in [5.41, 5.74) is 9.92. The van der Waals surface area contributed by atoms with Crippen LogP contribution in [0.5, 0.6) is 0 Å². The van der Waals surface area contributed by atoms with E-state index in [1.165, 1.54) is 39.0 Å². The SMILES string of the molecule is C=C(C)Cc1c(C)c(C)c(C)c(C)c1C. The van der Waals surface area contributed by atoms with Crippen molar-refractivity contribution < 1.29 is 0 Å². The van der Waals surface area contributed by atoms with Crippen molar-refractivity contribution in [3.63, 3.8) is 0 Å². The summed E-state index contributed by atoms with van der Waals surface area (Å²) in [7, 11) is 0. The fourth-order valence-electron chi connectivity index (χ4n) is 2.14. The van der Waals surface area contributed by atoms with Crippen LogP contribution in [0.25, 0.3) is 0 Å². The van der Waals surface area contributed by atoms with Gasteiger partial charge in [0.1, 0.15) is 0 Å². The van der Waals surface area contributed by atoms with Gasteiger partial charge in [-0.2, -0.15) is 0 Å². The number of hydrogen-bond acceptors (Lipinski definition) is 0. The molecule has 0 saturated carbocycles. The highest BCUT2D eigenvalue weighted by atomic mass is 14.2. The van der Waals surface area contributed by atoms with E-state index in [4.69, 9.17) is 0 Å².